The minimum atomic E-state index is -0.469. The fourth-order valence-electron chi connectivity index (χ4n) is 1.76. The minimum Gasteiger partial charge on any atom is -0.402 e. The summed E-state index contributed by atoms with van der Waals surface area (Å²) in [6, 6.07) is 3.78. The maximum Gasteiger partial charge on any atom is 0.482 e. The Kier molecular flexibility index (Phi) is 3.57. The summed E-state index contributed by atoms with van der Waals surface area (Å²) in [7, 11) is -0.469. The zero-order valence-corrected chi connectivity index (χ0v) is 12.7. The summed E-state index contributed by atoms with van der Waals surface area (Å²) in [4.78, 5) is 4.29. The Morgan fingerprint density at radius 1 is 1.22 bits per heavy atom. The molecule has 1 aromatic heterocycles. The summed E-state index contributed by atoms with van der Waals surface area (Å²) in [6.07, 6.45) is 1.72. The maximum absolute atomic E-state index is 6.16. The van der Waals surface area contributed by atoms with Crippen LogP contribution in [0, 0.1) is 0 Å². The van der Waals surface area contributed by atoms with Gasteiger partial charge in [0.15, 0.2) is 0 Å². The molecule has 0 amide bonds. The Morgan fingerprint density at radius 3 is 2.22 bits per heavy atom. The van der Waals surface area contributed by atoms with Gasteiger partial charge >= 0.3 is 7.12 Å². The van der Waals surface area contributed by atoms with Crippen molar-refractivity contribution in [3.63, 3.8) is 0 Å². The molecule has 0 radical (unpaired) electrons. The Labute approximate surface area is 117 Å². The summed E-state index contributed by atoms with van der Waals surface area (Å²) in [5.41, 5.74) is 6.18. The number of hydrogen-bond donors (Lipinski definition) is 1. The van der Waals surface area contributed by atoms with E-state index >= 15 is 0 Å². The molecule has 18 heavy (non-hydrogen) atoms. The van der Waals surface area contributed by atoms with Gasteiger partial charge in [0.05, 0.1) is 22.8 Å². The predicted molar refractivity (Wildman–Crippen MR) is 74.9 cm³/mol. The molecular weight excluding hydrogens is 295 g/mol. The van der Waals surface area contributed by atoms with Crippen molar-refractivity contribution < 1.29 is 9.31 Å². The van der Waals surface area contributed by atoms with Crippen molar-refractivity contribution in [2.24, 2.45) is 5.73 Å². The van der Waals surface area contributed by atoms with Crippen LogP contribution in [-0.2, 0) is 9.31 Å². The standard InChI is InChI=1S/C12H18BBrN2O2/c1-11(2)12(3,4)18-13(17-11)10(15)9-6-5-8(14)7-16-9/h5-7,10H,15H2,1-4H3/t10-/m1/s1. The molecule has 0 unspecified atom stereocenters. The van der Waals surface area contributed by atoms with Gasteiger partial charge in [-0.3, -0.25) is 4.98 Å². The highest BCUT2D eigenvalue weighted by atomic mass is 79.9. The summed E-state index contributed by atoms with van der Waals surface area (Å²) in [5, 5.41) is 0. The molecule has 0 spiro atoms. The third-order valence-corrected chi connectivity index (χ3v) is 4.13. The average Bonchev–Trinajstić information content (AvgIpc) is 2.48. The van der Waals surface area contributed by atoms with Crippen molar-refractivity contribution >= 4 is 23.0 Å². The molecule has 0 aromatic carbocycles. The van der Waals surface area contributed by atoms with Crippen LogP contribution in [0.2, 0.25) is 0 Å². The fraction of sp³-hybridized carbons (Fsp3) is 0.583. The van der Waals surface area contributed by atoms with E-state index in [1.165, 1.54) is 0 Å². The average molecular weight is 313 g/mol. The molecule has 1 saturated heterocycles. The Balaban J connectivity index is 2.17. The Hall–Kier alpha value is -0.425. The van der Waals surface area contributed by atoms with Crippen LogP contribution in [-0.4, -0.2) is 23.3 Å². The molecule has 1 aliphatic heterocycles. The number of halogens is 1. The molecule has 2 rings (SSSR count). The van der Waals surface area contributed by atoms with Crippen LogP contribution < -0.4 is 5.73 Å². The first kappa shape index (κ1) is 14.0. The van der Waals surface area contributed by atoms with E-state index in [0.29, 0.717) is 0 Å². The lowest BCUT2D eigenvalue weighted by Gasteiger charge is -2.32. The summed E-state index contributed by atoms with van der Waals surface area (Å²) in [5.74, 6) is -0.390. The molecule has 98 valence electrons. The van der Waals surface area contributed by atoms with E-state index in [2.05, 4.69) is 20.9 Å². The highest BCUT2D eigenvalue weighted by Crippen LogP contribution is 2.39. The van der Waals surface area contributed by atoms with E-state index in [-0.39, 0.29) is 17.1 Å². The van der Waals surface area contributed by atoms with Crippen molar-refractivity contribution in [1.29, 1.82) is 0 Å². The van der Waals surface area contributed by atoms with E-state index < -0.39 is 7.12 Å². The van der Waals surface area contributed by atoms with Crippen LogP contribution in [0.25, 0.3) is 0 Å². The van der Waals surface area contributed by atoms with E-state index in [4.69, 9.17) is 15.0 Å². The third kappa shape index (κ3) is 2.47. The summed E-state index contributed by atoms with van der Waals surface area (Å²) in [6.45, 7) is 8.03. The van der Waals surface area contributed by atoms with E-state index in [0.717, 1.165) is 10.2 Å². The Morgan fingerprint density at radius 2 is 1.78 bits per heavy atom. The van der Waals surface area contributed by atoms with Gasteiger partial charge in [-0.15, -0.1) is 0 Å². The lowest BCUT2D eigenvalue weighted by atomic mass is 9.77. The van der Waals surface area contributed by atoms with Gasteiger partial charge in [0.2, 0.25) is 0 Å². The van der Waals surface area contributed by atoms with Gasteiger partial charge in [-0.05, 0) is 55.8 Å². The SMILES string of the molecule is CC1(C)OB([C@H](N)c2ccc(Br)cn2)OC1(C)C. The molecule has 6 heteroatoms. The first-order valence-electron chi connectivity index (χ1n) is 5.96. The third-order valence-electron chi connectivity index (χ3n) is 3.66. The van der Waals surface area contributed by atoms with Crippen LogP contribution in [0.3, 0.4) is 0 Å². The highest BCUT2D eigenvalue weighted by Gasteiger charge is 2.53. The van der Waals surface area contributed by atoms with Gasteiger partial charge < -0.3 is 15.0 Å². The maximum atomic E-state index is 6.16. The second kappa shape index (κ2) is 4.60. The smallest absolute Gasteiger partial charge is 0.402 e. The van der Waals surface area contributed by atoms with Gasteiger partial charge in [0.1, 0.15) is 0 Å². The molecule has 1 fully saturated rings. The first-order chi connectivity index (χ1) is 8.23. The zero-order chi connectivity index (χ0) is 13.6. The molecule has 4 nitrogen and oxygen atoms in total. The normalized spacial score (nSPS) is 23.1. The van der Waals surface area contributed by atoms with Gasteiger partial charge in [0, 0.05) is 10.7 Å². The van der Waals surface area contributed by atoms with Gasteiger partial charge in [0.25, 0.3) is 0 Å². The molecule has 0 aliphatic carbocycles. The van der Waals surface area contributed by atoms with Crippen molar-refractivity contribution in [3.8, 4) is 0 Å². The predicted octanol–water partition coefficient (Wildman–Crippen LogP) is 2.48. The lowest BCUT2D eigenvalue weighted by Crippen LogP contribution is -2.41. The van der Waals surface area contributed by atoms with Crippen molar-refractivity contribution in [3.05, 3.63) is 28.5 Å². The second-order valence-electron chi connectivity index (χ2n) is 5.55. The van der Waals surface area contributed by atoms with Gasteiger partial charge in [-0.25, -0.2) is 0 Å². The largest absolute Gasteiger partial charge is 0.482 e. The number of nitrogens with zero attached hydrogens (tertiary/aromatic N) is 1. The van der Waals surface area contributed by atoms with E-state index in [1.807, 2.05) is 39.8 Å². The fourth-order valence-corrected chi connectivity index (χ4v) is 1.99. The quantitative estimate of drug-likeness (QED) is 0.852. The first-order valence-corrected chi connectivity index (χ1v) is 6.75. The van der Waals surface area contributed by atoms with E-state index in [9.17, 15) is 0 Å². The van der Waals surface area contributed by atoms with Gasteiger partial charge in [-0.1, -0.05) is 0 Å². The zero-order valence-electron chi connectivity index (χ0n) is 11.1. The van der Waals surface area contributed by atoms with Crippen LogP contribution in [0.1, 0.15) is 39.3 Å². The van der Waals surface area contributed by atoms with Crippen LogP contribution >= 0.6 is 15.9 Å². The number of rotatable bonds is 2. The lowest BCUT2D eigenvalue weighted by molar-refractivity contribution is 0.00578. The Bertz CT molecular complexity index is 420. The van der Waals surface area contributed by atoms with Crippen molar-refractivity contribution in [2.45, 2.75) is 44.8 Å². The van der Waals surface area contributed by atoms with Crippen LogP contribution in [0.5, 0.6) is 0 Å². The molecule has 2 N–H and O–H groups in total. The molecule has 0 bridgehead atoms. The minimum absolute atomic E-state index is 0.370. The number of nitrogens with two attached hydrogens (primary N) is 1. The molecule has 0 saturated carbocycles. The van der Waals surface area contributed by atoms with Crippen LogP contribution in [0.15, 0.2) is 22.8 Å². The van der Waals surface area contributed by atoms with Crippen molar-refractivity contribution in [2.75, 3.05) is 0 Å². The highest BCUT2D eigenvalue weighted by molar-refractivity contribution is 9.10. The van der Waals surface area contributed by atoms with Crippen molar-refractivity contribution in [1.82, 2.24) is 4.98 Å². The number of hydrogen-bond acceptors (Lipinski definition) is 4. The molecular formula is C12H18BBrN2O2. The second-order valence-corrected chi connectivity index (χ2v) is 6.47. The summed E-state index contributed by atoms with van der Waals surface area (Å²) >= 11 is 3.35. The molecule has 1 atom stereocenters. The number of pyridine rings is 1. The monoisotopic (exact) mass is 312 g/mol. The van der Waals surface area contributed by atoms with E-state index in [1.54, 1.807) is 6.20 Å². The summed E-state index contributed by atoms with van der Waals surface area (Å²) < 4.78 is 12.7. The van der Waals surface area contributed by atoms with Gasteiger partial charge in [-0.2, -0.15) is 0 Å². The topological polar surface area (TPSA) is 57.4 Å². The molecule has 2 heterocycles. The molecule has 1 aromatic rings. The van der Waals surface area contributed by atoms with Crippen LogP contribution in [0.4, 0.5) is 0 Å². The number of aromatic nitrogens is 1. The molecule has 1 aliphatic rings.